The SMILES string of the molecule is O=P(Cl)(Cl)c1cccc2cccc(P(Cl)(Cl)(Cl)Cl)c12. The zero-order valence-electron chi connectivity index (χ0n) is 9.03. The molecular formula is C10H6Cl6OP2. The van der Waals surface area contributed by atoms with Crippen LogP contribution in [0, 0.1) is 0 Å². The molecule has 0 radical (unpaired) electrons. The molecule has 9 heteroatoms. The molecule has 2 aromatic carbocycles. The van der Waals surface area contributed by atoms with Crippen molar-refractivity contribution in [2.24, 2.45) is 0 Å². The third-order valence-corrected chi connectivity index (χ3v) is 7.82. The van der Waals surface area contributed by atoms with Crippen LogP contribution in [0.4, 0.5) is 0 Å². The van der Waals surface area contributed by atoms with Gasteiger partial charge in [-0.15, -0.1) is 0 Å². The molecule has 0 heterocycles. The van der Waals surface area contributed by atoms with E-state index in [2.05, 4.69) is 0 Å². The van der Waals surface area contributed by atoms with Crippen molar-refractivity contribution in [2.45, 2.75) is 0 Å². The van der Waals surface area contributed by atoms with Crippen LogP contribution in [0.5, 0.6) is 0 Å². The molecule has 0 atom stereocenters. The van der Waals surface area contributed by atoms with Crippen molar-refractivity contribution in [1.29, 1.82) is 0 Å². The minimum absolute atomic E-state index is 0.223. The van der Waals surface area contributed by atoms with Crippen LogP contribution in [0.3, 0.4) is 0 Å². The van der Waals surface area contributed by atoms with E-state index in [0.29, 0.717) is 10.8 Å². The number of fused-ring (bicyclic) bond motifs is 1. The van der Waals surface area contributed by atoms with E-state index in [1.165, 1.54) is 6.07 Å². The third-order valence-electron chi connectivity index (χ3n) is 2.51. The third kappa shape index (κ3) is 3.65. The van der Waals surface area contributed by atoms with Crippen molar-refractivity contribution in [1.82, 2.24) is 0 Å². The maximum atomic E-state index is 12.0. The van der Waals surface area contributed by atoms with Gasteiger partial charge in [0.1, 0.15) is 0 Å². The minimum atomic E-state index is -4.13. The van der Waals surface area contributed by atoms with E-state index in [4.69, 9.17) is 67.4 Å². The van der Waals surface area contributed by atoms with Gasteiger partial charge in [0.15, 0.2) is 0 Å². The molecule has 0 bridgehead atoms. The molecule has 0 amide bonds. The van der Waals surface area contributed by atoms with Crippen LogP contribution in [0.2, 0.25) is 0 Å². The Kier molecular flexibility index (Phi) is 4.40. The van der Waals surface area contributed by atoms with Gasteiger partial charge in [0.05, 0.1) is 0 Å². The number of rotatable bonds is 2. The molecule has 1 nitrogen and oxygen atoms in total. The fourth-order valence-corrected chi connectivity index (χ4v) is 6.09. The van der Waals surface area contributed by atoms with Gasteiger partial charge in [-0.25, -0.2) is 0 Å². The molecule has 0 aromatic heterocycles. The molecular weight excluding hydrogens is 411 g/mol. The van der Waals surface area contributed by atoms with E-state index in [0.717, 1.165) is 0 Å². The number of halogens is 6. The predicted octanol–water partition coefficient (Wildman–Crippen LogP) is 6.93. The Morgan fingerprint density at radius 3 is 1.89 bits per heavy atom. The second kappa shape index (κ2) is 5.08. The van der Waals surface area contributed by atoms with E-state index < -0.39 is 9.86 Å². The number of hydrogen-bond donors (Lipinski definition) is 0. The van der Waals surface area contributed by atoms with E-state index >= 15 is 0 Å². The molecule has 0 N–H and O–H groups in total. The van der Waals surface area contributed by atoms with Gasteiger partial charge in [0.25, 0.3) is 0 Å². The van der Waals surface area contributed by atoms with Crippen LogP contribution in [-0.4, -0.2) is 0 Å². The van der Waals surface area contributed by atoms with Gasteiger partial charge in [-0.1, -0.05) is 0 Å². The Balaban J connectivity index is 3.00. The molecule has 0 fully saturated rings. The summed E-state index contributed by atoms with van der Waals surface area (Å²) in [6.07, 6.45) is 0. The molecule has 2 rings (SSSR count). The van der Waals surface area contributed by atoms with Gasteiger partial charge in [-0.2, -0.15) is 0 Å². The standard InChI is InChI=1S/C10H6Cl6OP2/c11-18(12,17)8-5-1-3-7-4-2-6-9(10(7)8)19(13,14,15)16/h1-6H. The van der Waals surface area contributed by atoms with Gasteiger partial charge in [-0.05, 0) is 0 Å². The summed E-state index contributed by atoms with van der Waals surface area (Å²) in [5.41, 5.74) is 0. The normalized spacial score (nSPS) is 15.2. The van der Waals surface area contributed by atoms with E-state index in [1.807, 2.05) is 0 Å². The van der Waals surface area contributed by atoms with Crippen LogP contribution < -0.4 is 10.6 Å². The molecule has 2 aromatic rings. The average molecular weight is 417 g/mol. The summed E-state index contributed by atoms with van der Waals surface area (Å²) in [4.78, 5) is 0. The van der Waals surface area contributed by atoms with Gasteiger partial charge in [-0.3, -0.25) is 0 Å². The van der Waals surface area contributed by atoms with Crippen molar-refractivity contribution < 1.29 is 4.57 Å². The monoisotopic (exact) mass is 414 g/mol. The number of hydrogen-bond acceptors (Lipinski definition) is 1. The van der Waals surface area contributed by atoms with Crippen LogP contribution in [0.1, 0.15) is 0 Å². The summed E-state index contributed by atoms with van der Waals surface area (Å²) >= 11 is 35.8. The summed E-state index contributed by atoms with van der Waals surface area (Å²) in [6, 6.07) is 10.0. The zero-order chi connectivity index (χ0) is 14.5. The summed E-state index contributed by atoms with van der Waals surface area (Å²) < 4.78 is 7.86. The fourth-order valence-electron chi connectivity index (χ4n) is 1.80. The molecule has 19 heavy (non-hydrogen) atoms. The van der Waals surface area contributed by atoms with Crippen LogP contribution >= 0.6 is 77.3 Å². The first-order chi connectivity index (χ1) is 8.47. The molecule has 0 aliphatic carbocycles. The second-order valence-electron chi connectivity index (χ2n) is 3.84. The van der Waals surface area contributed by atoms with Crippen LogP contribution in [0.15, 0.2) is 36.4 Å². The van der Waals surface area contributed by atoms with Crippen LogP contribution in [0.25, 0.3) is 10.8 Å². The quantitative estimate of drug-likeness (QED) is 0.485. The van der Waals surface area contributed by atoms with Crippen molar-refractivity contribution in [3.63, 3.8) is 0 Å². The Morgan fingerprint density at radius 2 is 1.42 bits per heavy atom. The first kappa shape index (κ1) is 16.5. The van der Waals surface area contributed by atoms with Gasteiger partial charge >= 0.3 is 140 Å². The Hall–Kier alpha value is 1.10. The maximum absolute atomic E-state index is 12.0. The van der Waals surface area contributed by atoms with Crippen LogP contribution in [-0.2, 0) is 4.57 Å². The van der Waals surface area contributed by atoms with Gasteiger partial charge in [0, 0.05) is 0 Å². The first-order valence-electron chi connectivity index (χ1n) is 4.88. The van der Waals surface area contributed by atoms with E-state index in [9.17, 15) is 4.57 Å². The molecule has 0 saturated heterocycles. The summed E-state index contributed by atoms with van der Waals surface area (Å²) in [6.45, 7) is 0. The fraction of sp³-hybridized carbons (Fsp3) is 0. The molecule has 0 aliphatic rings. The summed E-state index contributed by atoms with van der Waals surface area (Å²) in [5, 5.41) is 1.65. The summed E-state index contributed by atoms with van der Waals surface area (Å²) in [5.74, 6) is -3.56. The first-order valence-corrected chi connectivity index (χ1v) is 14.3. The second-order valence-corrected chi connectivity index (χ2v) is 21.8. The average Bonchev–Trinajstić information content (AvgIpc) is 2.23. The predicted molar refractivity (Wildman–Crippen MR) is 92.9 cm³/mol. The molecule has 0 aliphatic heterocycles. The molecule has 0 spiro atoms. The van der Waals surface area contributed by atoms with E-state index in [-0.39, 0.29) is 10.6 Å². The van der Waals surface area contributed by atoms with Crippen molar-refractivity contribution in [3.8, 4) is 0 Å². The zero-order valence-corrected chi connectivity index (χ0v) is 15.4. The topological polar surface area (TPSA) is 17.1 Å². The molecule has 0 unspecified atom stereocenters. The summed E-state index contributed by atoms with van der Waals surface area (Å²) in [7, 11) is 0. The van der Waals surface area contributed by atoms with E-state index in [1.54, 1.807) is 30.3 Å². The van der Waals surface area contributed by atoms with Gasteiger partial charge < -0.3 is 0 Å². The molecule has 0 saturated carbocycles. The Morgan fingerprint density at radius 1 is 0.895 bits per heavy atom. The van der Waals surface area contributed by atoms with Crippen molar-refractivity contribution in [2.75, 3.05) is 0 Å². The Bertz CT molecular complexity index is 687. The van der Waals surface area contributed by atoms with Crippen molar-refractivity contribution in [3.05, 3.63) is 36.4 Å². The van der Waals surface area contributed by atoms with Gasteiger partial charge in [0.2, 0.25) is 0 Å². The molecule has 104 valence electrons. The van der Waals surface area contributed by atoms with Crippen molar-refractivity contribution >= 4 is 98.7 Å². The number of benzene rings is 2. The Labute approximate surface area is 139 Å².